The van der Waals surface area contributed by atoms with Crippen LogP contribution in [-0.4, -0.2) is 79.9 Å². The van der Waals surface area contributed by atoms with Gasteiger partial charge in [0.25, 0.3) is 11.1 Å². The van der Waals surface area contributed by atoms with Crippen molar-refractivity contribution in [3.63, 3.8) is 0 Å². The number of fused-ring (bicyclic) bond motifs is 2. The van der Waals surface area contributed by atoms with E-state index in [2.05, 4.69) is 71.8 Å². The highest BCUT2D eigenvalue weighted by Gasteiger charge is 2.33. The van der Waals surface area contributed by atoms with Gasteiger partial charge in [0, 0.05) is 55.1 Å². The maximum Gasteiger partial charge on any atom is 0.433 e. The molecule has 24 nitrogen and oxygen atoms in total. The second kappa shape index (κ2) is 23.3. The Labute approximate surface area is 458 Å². The first-order chi connectivity index (χ1) is 38.3. The molecule has 0 aliphatic heterocycles. The van der Waals surface area contributed by atoms with Gasteiger partial charge in [-0.15, -0.1) is 0 Å². The van der Waals surface area contributed by atoms with Crippen LogP contribution in [0, 0.1) is 13.8 Å². The molecule has 0 spiro atoms. The molecule has 0 saturated carbocycles. The molecule has 10 rings (SSSR count). The minimum atomic E-state index is -4.57. The van der Waals surface area contributed by atoms with Crippen LogP contribution in [0.4, 0.5) is 38.0 Å². The summed E-state index contributed by atoms with van der Waals surface area (Å²) in [5, 5.41) is 13.6. The summed E-state index contributed by atoms with van der Waals surface area (Å²) in [6.45, 7) is 6.49. The van der Waals surface area contributed by atoms with Crippen LogP contribution in [0.2, 0.25) is 0 Å². The van der Waals surface area contributed by atoms with Crippen LogP contribution < -0.4 is 33.1 Å². The highest BCUT2D eigenvalue weighted by Crippen LogP contribution is 2.30. The van der Waals surface area contributed by atoms with Crippen molar-refractivity contribution in [1.29, 1.82) is 0 Å². The summed E-state index contributed by atoms with van der Waals surface area (Å²) in [4.78, 5) is 102. The van der Waals surface area contributed by atoms with Gasteiger partial charge < -0.3 is 28.8 Å². The Hall–Kier alpha value is -9.68. The van der Waals surface area contributed by atoms with Crippen molar-refractivity contribution >= 4 is 61.7 Å². The van der Waals surface area contributed by atoms with E-state index in [4.69, 9.17) is 9.05 Å². The summed E-state index contributed by atoms with van der Waals surface area (Å²) < 4.78 is 92.4. The molecule has 420 valence electrons. The molecule has 2 amide bonds. The minimum Gasteiger partial charge on any atom is -0.361 e. The number of anilines is 2. The molecule has 0 radical (unpaired) electrons. The number of aromatic nitrogens is 14. The Kier molecular flexibility index (Phi) is 16.6. The van der Waals surface area contributed by atoms with Gasteiger partial charge >= 0.3 is 23.7 Å². The number of carbonyl (C=O) groups is 2. The Morgan fingerprint density at radius 2 is 1.12 bits per heavy atom. The maximum atomic E-state index is 13.4. The minimum absolute atomic E-state index is 0.0301. The lowest BCUT2D eigenvalue weighted by molar-refractivity contribution is -0.141. The topological polar surface area (TPSA) is 296 Å². The van der Waals surface area contributed by atoms with Crippen LogP contribution >= 0.6 is 15.9 Å². The standard InChI is InChI=1S/C25H21F3N8O4.C20H16F3N7O3.C5H6BrNO/c1-13-9-16(33-40-13)11-35-23(38)20-21(34(3)24(35)39)30-12-36(20)14(2)22(37)32-19-6-4-5-17(31-19)15-7-8-18(29-10-15)25(26,27)28;1-10(30-9-25-16-15(30)18(32)28-19(33)29(16)2)17(31)27-14-5-3-4-12(26-14)11-6-7-13(24-8-11)20(21,22)23;1-4-2-5(3-6)7-8-4/h4-10,12,14H,11H2,1-3H3,(H,31,32,37);3-10H,1-2H3,(H,26,27,31)(H,28,32,33);2H,3H2,1H3/t14-;10-;/m00./s1. The van der Waals surface area contributed by atoms with Crippen LogP contribution in [0.5, 0.6) is 0 Å². The van der Waals surface area contributed by atoms with Gasteiger partial charge in [-0.1, -0.05) is 38.4 Å². The van der Waals surface area contributed by atoms with Gasteiger partial charge in [0.05, 0.1) is 36.3 Å². The van der Waals surface area contributed by atoms with E-state index in [1.807, 2.05) is 13.0 Å². The average molecular weight is 1190 g/mol. The molecule has 0 bridgehead atoms. The third kappa shape index (κ3) is 12.8. The molecule has 0 aromatic carbocycles. The summed E-state index contributed by atoms with van der Waals surface area (Å²) in [5.41, 5.74) is -1.76. The van der Waals surface area contributed by atoms with E-state index in [9.17, 15) is 55.1 Å². The molecular weight excluding hydrogens is 1150 g/mol. The lowest BCUT2D eigenvalue weighted by Gasteiger charge is -2.15. The predicted molar refractivity (Wildman–Crippen MR) is 281 cm³/mol. The van der Waals surface area contributed by atoms with E-state index in [0.717, 1.165) is 50.4 Å². The summed E-state index contributed by atoms with van der Waals surface area (Å²) in [6.07, 6.45) is -4.46. The zero-order chi connectivity index (χ0) is 58.7. The number of halogens is 7. The molecule has 0 fully saturated rings. The normalized spacial score (nSPS) is 12.3. The second-order valence-corrected chi connectivity index (χ2v) is 18.3. The number of H-pyrrole nitrogens is 1. The van der Waals surface area contributed by atoms with Gasteiger partial charge in [-0.25, -0.2) is 29.5 Å². The van der Waals surface area contributed by atoms with Crippen molar-refractivity contribution in [3.05, 3.63) is 174 Å². The summed E-state index contributed by atoms with van der Waals surface area (Å²) in [5.74, 6) is 0.571. The summed E-state index contributed by atoms with van der Waals surface area (Å²) >= 11 is 3.25. The maximum absolute atomic E-state index is 13.4. The smallest absolute Gasteiger partial charge is 0.361 e. The largest absolute Gasteiger partial charge is 0.433 e. The van der Waals surface area contributed by atoms with E-state index in [-0.39, 0.29) is 40.5 Å². The quantitative estimate of drug-likeness (QED) is 0.0877. The number of alkyl halides is 7. The number of imidazole rings is 2. The lowest BCUT2D eigenvalue weighted by atomic mass is 10.1. The van der Waals surface area contributed by atoms with Crippen molar-refractivity contribution in [1.82, 2.24) is 68.0 Å². The molecule has 0 saturated heterocycles. The predicted octanol–water partition coefficient (Wildman–Crippen LogP) is 6.89. The number of nitrogens with zero attached hydrogens (tertiary/aromatic N) is 13. The van der Waals surface area contributed by atoms with E-state index in [0.29, 0.717) is 34.0 Å². The third-order valence-electron chi connectivity index (χ3n) is 12.0. The van der Waals surface area contributed by atoms with Crippen molar-refractivity contribution in [3.8, 4) is 22.5 Å². The number of rotatable bonds is 11. The van der Waals surface area contributed by atoms with Crippen LogP contribution in [0.3, 0.4) is 0 Å². The first kappa shape index (κ1) is 57.5. The van der Waals surface area contributed by atoms with Crippen molar-refractivity contribution in [2.24, 2.45) is 14.1 Å². The first-order valence-corrected chi connectivity index (χ1v) is 24.8. The van der Waals surface area contributed by atoms with Gasteiger partial charge in [0.2, 0.25) is 11.8 Å². The Morgan fingerprint density at radius 1 is 0.654 bits per heavy atom. The number of amides is 2. The number of aromatic amines is 1. The molecule has 0 aliphatic rings. The van der Waals surface area contributed by atoms with Crippen LogP contribution in [-0.2, 0) is 47.9 Å². The van der Waals surface area contributed by atoms with Crippen molar-refractivity contribution in [2.45, 2.75) is 64.0 Å². The van der Waals surface area contributed by atoms with Crippen LogP contribution in [0.15, 0.2) is 126 Å². The monoisotopic (exact) mass is 1190 g/mol. The summed E-state index contributed by atoms with van der Waals surface area (Å²) in [6, 6.07) is 15.1. The number of nitrogens with one attached hydrogen (secondary N) is 3. The Bertz CT molecular complexity index is 4200. The van der Waals surface area contributed by atoms with Crippen molar-refractivity contribution < 1.29 is 45.0 Å². The average Bonchev–Trinajstić information content (AvgIpc) is 3.94. The number of carbonyl (C=O) groups excluding carboxylic acids is 2. The van der Waals surface area contributed by atoms with Crippen LogP contribution in [0.25, 0.3) is 44.8 Å². The number of pyridine rings is 4. The molecule has 3 N–H and O–H groups in total. The Morgan fingerprint density at radius 3 is 1.54 bits per heavy atom. The van der Waals surface area contributed by atoms with E-state index in [1.54, 1.807) is 37.3 Å². The van der Waals surface area contributed by atoms with Gasteiger partial charge in [-0.3, -0.25) is 47.8 Å². The second-order valence-electron chi connectivity index (χ2n) is 17.7. The molecule has 10 heterocycles. The molecule has 31 heteroatoms. The number of aryl methyl sites for hydroxylation is 4. The van der Waals surface area contributed by atoms with E-state index >= 15 is 0 Å². The zero-order valence-corrected chi connectivity index (χ0v) is 44.6. The Balaban J connectivity index is 0.000000189. The number of hydrogen-bond donors (Lipinski definition) is 3. The summed E-state index contributed by atoms with van der Waals surface area (Å²) in [7, 11) is 2.90. The fourth-order valence-electron chi connectivity index (χ4n) is 7.77. The third-order valence-corrected chi connectivity index (χ3v) is 12.6. The SMILES string of the molecule is C[C@@H](C(=O)Nc1cccc(-c2ccc(C(F)(F)F)nc2)n1)n1cnc2c1c(=O)[nH]c(=O)n2C.Cc1cc(CBr)no1.Cc1cc(Cn2c(=O)c3c(ncn3[C@@H](C)C(=O)Nc3cccc(-c4ccc(C(F)(F)F)nc4)n3)n(C)c2=O)no1. The zero-order valence-electron chi connectivity index (χ0n) is 43.0. The fraction of sp³-hybridized carbons (Fsp3) is 0.240. The molecule has 0 unspecified atom stereocenters. The lowest BCUT2D eigenvalue weighted by Crippen LogP contribution is -2.40. The highest BCUT2D eigenvalue weighted by atomic mass is 79.9. The molecule has 10 aromatic heterocycles. The molecule has 10 aromatic rings. The molecule has 81 heavy (non-hydrogen) atoms. The molecule has 2 atom stereocenters. The van der Waals surface area contributed by atoms with Gasteiger partial charge in [0.15, 0.2) is 22.3 Å². The van der Waals surface area contributed by atoms with Gasteiger partial charge in [0.1, 0.15) is 52.3 Å². The van der Waals surface area contributed by atoms with Crippen LogP contribution in [0.1, 0.15) is 60.2 Å². The van der Waals surface area contributed by atoms with Gasteiger partial charge in [-0.05, 0) is 76.2 Å². The van der Waals surface area contributed by atoms with Crippen molar-refractivity contribution in [2.75, 3.05) is 10.6 Å². The highest BCUT2D eigenvalue weighted by molar-refractivity contribution is 9.08. The van der Waals surface area contributed by atoms with E-state index < -0.39 is 70.1 Å². The van der Waals surface area contributed by atoms with E-state index in [1.165, 1.54) is 78.6 Å². The molecule has 0 aliphatic carbocycles. The number of hydrogen-bond acceptors (Lipinski definition) is 16. The molecular formula is C50H43BrF6N16O8. The van der Waals surface area contributed by atoms with Gasteiger partial charge in [-0.2, -0.15) is 26.3 Å². The first-order valence-electron chi connectivity index (χ1n) is 23.7. The fourth-order valence-corrected chi connectivity index (χ4v) is 8.04.